The number of H-pyrrole nitrogens is 1. The number of rotatable bonds is 2. The normalized spacial score (nSPS) is 20.4. The number of hydrogen-bond donors (Lipinski definition) is 2. The third-order valence-electron chi connectivity index (χ3n) is 3.96. The fraction of sp³-hybridized carbons (Fsp3) is 0.571. The van der Waals surface area contributed by atoms with E-state index in [2.05, 4.69) is 45.9 Å². The van der Waals surface area contributed by atoms with Gasteiger partial charge in [-0.2, -0.15) is 0 Å². The molecule has 1 aliphatic rings. The SMILES string of the molecule is Cc1c[nH]c2ncnc(N3CCN[C@@H](C(C)C)C3)c12. The van der Waals surface area contributed by atoms with Gasteiger partial charge in [0.2, 0.25) is 0 Å². The molecule has 102 valence electrons. The highest BCUT2D eigenvalue weighted by atomic mass is 15.3. The first-order valence-corrected chi connectivity index (χ1v) is 6.94. The molecule has 0 bridgehead atoms. The topological polar surface area (TPSA) is 56.8 Å². The molecule has 1 fully saturated rings. The molecular formula is C14H21N5. The van der Waals surface area contributed by atoms with Crippen molar-refractivity contribution in [2.24, 2.45) is 5.92 Å². The first-order chi connectivity index (χ1) is 9.16. The number of nitrogens with one attached hydrogen (secondary N) is 2. The van der Waals surface area contributed by atoms with Crippen LogP contribution in [-0.4, -0.2) is 40.6 Å². The Hall–Kier alpha value is -1.62. The average molecular weight is 259 g/mol. The van der Waals surface area contributed by atoms with Crippen molar-refractivity contribution in [3.8, 4) is 0 Å². The van der Waals surface area contributed by atoms with Gasteiger partial charge in [0.25, 0.3) is 0 Å². The van der Waals surface area contributed by atoms with Gasteiger partial charge in [-0.1, -0.05) is 13.8 Å². The van der Waals surface area contributed by atoms with E-state index in [-0.39, 0.29) is 0 Å². The van der Waals surface area contributed by atoms with Crippen molar-refractivity contribution in [2.75, 3.05) is 24.5 Å². The molecule has 2 N–H and O–H groups in total. The highest BCUT2D eigenvalue weighted by Crippen LogP contribution is 2.26. The number of fused-ring (bicyclic) bond motifs is 1. The zero-order chi connectivity index (χ0) is 13.4. The maximum atomic E-state index is 4.52. The quantitative estimate of drug-likeness (QED) is 0.862. The minimum atomic E-state index is 0.526. The summed E-state index contributed by atoms with van der Waals surface area (Å²) in [4.78, 5) is 14.4. The van der Waals surface area contributed by atoms with Crippen molar-refractivity contribution in [1.29, 1.82) is 0 Å². The Morgan fingerprint density at radius 2 is 2.21 bits per heavy atom. The first-order valence-electron chi connectivity index (χ1n) is 6.94. The molecule has 0 amide bonds. The minimum absolute atomic E-state index is 0.526. The third kappa shape index (κ3) is 2.18. The Morgan fingerprint density at radius 3 is 3.00 bits per heavy atom. The summed E-state index contributed by atoms with van der Waals surface area (Å²) >= 11 is 0. The fourth-order valence-electron chi connectivity index (χ4n) is 2.75. The number of aromatic nitrogens is 3. The van der Waals surface area contributed by atoms with E-state index in [4.69, 9.17) is 0 Å². The van der Waals surface area contributed by atoms with E-state index in [0.29, 0.717) is 12.0 Å². The molecule has 0 saturated carbocycles. The van der Waals surface area contributed by atoms with Crippen LogP contribution in [0.3, 0.4) is 0 Å². The van der Waals surface area contributed by atoms with Gasteiger partial charge in [-0.3, -0.25) is 0 Å². The van der Waals surface area contributed by atoms with Gasteiger partial charge in [0.15, 0.2) is 0 Å². The highest BCUT2D eigenvalue weighted by Gasteiger charge is 2.24. The molecule has 0 aliphatic carbocycles. The van der Waals surface area contributed by atoms with Gasteiger partial charge in [-0.05, 0) is 18.4 Å². The van der Waals surface area contributed by atoms with Crippen LogP contribution < -0.4 is 10.2 Å². The molecule has 0 spiro atoms. The van der Waals surface area contributed by atoms with Crippen molar-refractivity contribution < 1.29 is 0 Å². The van der Waals surface area contributed by atoms with E-state index in [1.54, 1.807) is 6.33 Å². The summed E-state index contributed by atoms with van der Waals surface area (Å²) in [5, 5.41) is 4.74. The Balaban J connectivity index is 1.97. The predicted octanol–water partition coefficient (Wildman–Crippen LogP) is 1.70. The molecule has 1 aliphatic heterocycles. The molecule has 1 saturated heterocycles. The summed E-state index contributed by atoms with van der Waals surface area (Å²) in [6.45, 7) is 9.65. The van der Waals surface area contributed by atoms with Crippen molar-refractivity contribution >= 4 is 16.9 Å². The Morgan fingerprint density at radius 1 is 1.37 bits per heavy atom. The van der Waals surface area contributed by atoms with E-state index in [9.17, 15) is 0 Å². The summed E-state index contributed by atoms with van der Waals surface area (Å²) in [7, 11) is 0. The standard InChI is InChI=1S/C14H21N5/c1-9(2)11-7-19(5-4-15-11)14-12-10(3)6-16-13(12)17-8-18-14/h6,8-9,11,15H,4-5,7H2,1-3H3,(H,16,17,18)/t11-/m1/s1. The van der Waals surface area contributed by atoms with Crippen molar-refractivity contribution in [2.45, 2.75) is 26.8 Å². The van der Waals surface area contributed by atoms with Crippen LogP contribution >= 0.6 is 0 Å². The lowest BCUT2D eigenvalue weighted by Gasteiger charge is -2.36. The molecule has 0 radical (unpaired) electrons. The summed E-state index contributed by atoms with van der Waals surface area (Å²) in [6.07, 6.45) is 3.66. The summed E-state index contributed by atoms with van der Waals surface area (Å²) < 4.78 is 0. The average Bonchev–Trinajstić information content (AvgIpc) is 2.81. The molecule has 2 aromatic rings. The molecule has 19 heavy (non-hydrogen) atoms. The van der Waals surface area contributed by atoms with Crippen molar-refractivity contribution in [1.82, 2.24) is 20.3 Å². The second kappa shape index (κ2) is 4.81. The lowest BCUT2D eigenvalue weighted by molar-refractivity contribution is 0.367. The molecular weight excluding hydrogens is 238 g/mol. The number of aryl methyl sites for hydroxylation is 1. The zero-order valence-electron chi connectivity index (χ0n) is 11.8. The van der Waals surface area contributed by atoms with Crippen LogP contribution in [0.15, 0.2) is 12.5 Å². The summed E-state index contributed by atoms with van der Waals surface area (Å²) in [5.41, 5.74) is 2.15. The molecule has 3 heterocycles. The molecule has 2 aromatic heterocycles. The predicted molar refractivity (Wildman–Crippen MR) is 77.5 cm³/mol. The Kier molecular flexibility index (Phi) is 3.14. The third-order valence-corrected chi connectivity index (χ3v) is 3.96. The van der Waals surface area contributed by atoms with E-state index in [0.717, 1.165) is 36.5 Å². The summed E-state index contributed by atoms with van der Waals surface area (Å²) in [5.74, 6) is 1.70. The van der Waals surface area contributed by atoms with Crippen LogP contribution in [0.25, 0.3) is 11.0 Å². The van der Waals surface area contributed by atoms with Crippen LogP contribution in [0.2, 0.25) is 0 Å². The van der Waals surface area contributed by atoms with Crippen molar-refractivity contribution in [3.05, 3.63) is 18.1 Å². The molecule has 1 atom stereocenters. The fourth-order valence-corrected chi connectivity index (χ4v) is 2.75. The van der Waals surface area contributed by atoms with Crippen LogP contribution in [0.5, 0.6) is 0 Å². The lowest BCUT2D eigenvalue weighted by Crippen LogP contribution is -2.53. The van der Waals surface area contributed by atoms with E-state index in [1.165, 1.54) is 5.56 Å². The number of nitrogens with zero attached hydrogens (tertiary/aromatic N) is 3. The number of anilines is 1. The van der Waals surface area contributed by atoms with Gasteiger partial charge in [0, 0.05) is 31.9 Å². The number of aromatic amines is 1. The van der Waals surface area contributed by atoms with E-state index < -0.39 is 0 Å². The Bertz CT molecular complexity index is 574. The first kappa shape index (κ1) is 12.4. The van der Waals surface area contributed by atoms with Gasteiger partial charge in [0.1, 0.15) is 17.8 Å². The van der Waals surface area contributed by atoms with Crippen LogP contribution in [0.4, 0.5) is 5.82 Å². The van der Waals surface area contributed by atoms with Gasteiger partial charge in [-0.15, -0.1) is 0 Å². The summed E-state index contributed by atoms with van der Waals surface area (Å²) in [6, 6.07) is 0.526. The van der Waals surface area contributed by atoms with Crippen LogP contribution in [0, 0.1) is 12.8 Å². The van der Waals surface area contributed by atoms with Crippen LogP contribution in [-0.2, 0) is 0 Å². The zero-order valence-corrected chi connectivity index (χ0v) is 11.8. The highest BCUT2D eigenvalue weighted by molar-refractivity contribution is 5.90. The van der Waals surface area contributed by atoms with Gasteiger partial charge < -0.3 is 15.2 Å². The Labute approximate surface area is 113 Å². The monoisotopic (exact) mass is 259 g/mol. The van der Waals surface area contributed by atoms with Gasteiger partial charge in [0.05, 0.1) is 5.39 Å². The molecule has 5 heteroatoms. The van der Waals surface area contributed by atoms with E-state index >= 15 is 0 Å². The molecule has 5 nitrogen and oxygen atoms in total. The maximum Gasteiger partial charge on any atom is 0.143 e. The smallest absolute Gasteiger partial charge is 0.143 e. The molecule has 0 unspecified atom stereocenters. The second-order valence-corrected chi connectivity index (χ2v) is 5.64. The number of piperazine rings is 1. The number of hydrogen-bond acceptors (Lipinski definition) is 4. The maximum absolute atomic E-state index is 4.52. The lowest BCUT2D eigenvalue weighted by atomic mass is 10.0. The van der Waals surface area contributed by atoms with Crippen LogP contribution in [0.1, 0.15) is 19.4 Å². The van der Waals surface area contributed by atoms with Crippen molar-refractivity contribution in [3.63, 3.8) is 0 Å². The largest absolute Gasteiger partial charge is 0.353 e. The minimum Gasteiger partial charge on any atom is -0.353 e. The second-order valence-electron chi connectivity index (χ2n) is 5.64. The van der Waals surface area contributed by atoms with Gasteiger partial charge in [-0.25, -0.2) is 9.97 Å². The van der Waals surface area contributed by atoms with Gasteiger partial charge >= 0.3 is 0 Å². The van der Waals surface area contributed by atoms with E-state index in [1.807, 2.05) is 6.20 Å². The molecule has 0 aromatic carbocycles. The molecule has 3 rings (SSSR count).